The smallest absolute Gasteiger partial charge is 0.344 e. The Bertz CT molecular complexity index is 938. The molecule has 0 aliphatic rings. The van der Waals surface area contributed by atoms with Gasteiger partial charge in [-0.05, 0) is 24.5 Å². The van der Waals surface area contributed by atoms with E-state index < -0.39 is 30.9 Å². The Morgan fingerprint density at radius 1 is 0.629 bits per heavy atom. The maximum Gasteiger partial charge on any atom is 0.425 e. The summed E-state index contributed by atoms with van der Waals surface area (Å²) in [5, 5.41) is 0. The molecule has 0 spiro atoms. The minimum atomic E-state index is -5.02. The fraction of sp³-hybridized carbons (Fsp3) is 0.667. The molecule has 17 heteroatoms. The summed E-state index contributed by atoms with van der Waals surface area (Å²) < 4.78 is 90.7. The molecule has 0 saturated heterocycles. The number of rotatable bonds is 15. The highest BCUT2D eigenvalue weighted by Gasteiger charge is 2.14. The van der Waals surface area contributed by atoms with Gasteiger partial charge >= 0.3 is 20.8 Å². The van der Waals surface area contributed by atoms with Gasteiger partial charge in [0.25, 0.3) is 10.1 Å². The average molecular weight is 572 g/mol. The molecular weight excluding hydrogens is 530 g/mol. The molecule has 0 fully saturated rings. The topological polar surface area (TPSA) is 287 Å². The van der Waals surface area contributed by atoms with E-state index in [1.165, 1.54) is 57.4 Å². The molecule has 1 aromatic carbocycles. The van der Waals surface area contributed by atoms with E-state index in [4.69, 9.17) is 9.11 Å². The zero-order chi connectivity index (χ0) is 24.7. The highest BCUT2D eigenvalue weighted by molar-refractivity contribution is 7.86. The van der Waals surface area contributed by atoms with Gasteiger partial charge in [-0.25, -0.2) is 0 Å². The first-order chi connectivity index (χ1) is 14.8. The lowest BCUT2D eigenvalue weighted by atomic mass is 10.0. The van der Waals surface area contributed by atoms with Crippen molar-refractivity contribution in [1.29, 1.82) is 0 Å². The van der Waals surface area contributed by atoms with Gasteiger partial charge in [0.1, 0.15) is 0 Å². The van der Waals surface area contributed by atoms with Gasteiger partial charge in [0.05, 0.1) is 4.90 Å². The molecule has 0 aliphatic carbocycles. The summed E-state index contributed by atoms with van der Waals surface area (Å²) in [6.07, 6.45) is 13.3. The third-order valence-electron chi connectivity index (χ3n) is 4.25. The van der Waals surface area contributed by atoms with Gasteiger partial charge in [0.15, 0.2) is 0 Å². The molecule has 0 atom stereocenters. The summed E-state index contributed by atoms with van der Waals surface area (Å²) in [6.45, 7) is 2.24. The molecule has 0 unspecified atom stereocenters. The van der Waals surface area contributed by atoms with Crippen molar-refractivity contribution in [3.05, 3.63) is 29.8 Å². The van der Waals surface area contributed by atoms with E-state index in [0.717, 1.165) is 18.4 Å². The van der Waals surface area contributed by atoms with E-state index in [-0.39, 0.29) is 23.3 Å². The SMILES string of the molecule is CCCCCCCCCCCCc1ccccc1S(=O)(=O)O.N.N.N.O=S(=O)(O)OOS(=O)(=O)O. The normalized spacial score (nSPS) is 11.2. The Morgan fingerprint density at radius 2 is 1.00 bits per heavy atom. The van der Waals surface area contributed by atoms with Gasteiger partial charge in [-0.3, -0.25) is 13.7 Å². The monoisotopic (exact) mass is 571 g/mol. The van der Waals surface area contributed by atoms with Crippen LogP contribution >= 0.6 is 0 Å². The average Bonchev–Trinajstić information content (AvgIpc) is 2.67. The zero-order valence-electron chi connectivity index (χ0n) is 20.0. The van der Waals surface area contributed by atoms with Crippen LogP contribution in [-0.2, 0) is 46.0 Å². The lowest BCUT2D eigenvalue weighted by molar-refractivity contribution is -0.105. The standard InChI is InChI=1S/C18H30O3S.3H3N.H2O8S2/c1-2-3-4-5-6-7-8-9-10-11-14-17-15-12-13-16-18(17)22(19,20)21;;;;1-9(2,3)7-8-10(4,5)6/h12-13,15-16H,2-11,14H2,1H3,(H,19,20,21);3*1H3;(H,1,2,3)(H,4,5,6). The second kappa shape index (κ2) is 20.9. The zero-order valence-corrected chi connectivity index (χ0v) is 22.5. The molecule has 0 radical (unpaired) electrons. The first-order valence-corrected chi connectivity index (χ1v) is 14.3. The van der Waals surface area contributed by atoms with Crippen LogP contribution in [-0.4, -0.2) is 38.9 Å². The molecule has 0 saturated carbocycles. The Kier molecular flexibility index (Phi) is 24.4. The van der Waals surface area contributed by atoms with Gasteiger partial charge in [-0.2, -0.15) is 25.3 Å². The van der Waals surface area contributed by atoms with E-state index in [1.807, 2.05) is 6.07 Å². The Balaban J connectivity index is -0.000000318. The Morgan fingerprint density at radius 3 is 1.37 bits per heavy atom. The maximum atomic E-state index is 11.3. The summed E-state index contributed by atoms with van der Waals surface area (Å²) in [7, 11) is -14.1. The summed E-state index contributed by atoms with van der Waals surface area (Å²) >= 11 is 0. The molecule has 1 aromatic rings. The molecule has 0 amide bonds. The second-order valence-corrected chi connectivity index (χ2v) is 10.4. The van der Waals surface area contributed by atoms with Crippen LogP contribution < -0.4 is 18.5 Å². The van der Waals surface area contributed by atoms with Gasteiger partial charge in [0.2, 0.25) is 0 Å². The summed E-state index contributed by atoms with van der Waals surface area (Å²) in [5.41, 5.74) is 0.726. The molecule has 1 rings (SSSR count). The van der Waals surface area contributed by atoms with E-state index >= 15 is 0 Å². The fourth-order valence-corrected chi connectivity index (χ4v) is 4.15. The third kappa shape index (κ3) is 25.6. The highest BCUT2D eigenvalue weighted by Crippen LogP contribution is 2.18. The van der Waals surface area contributed by atoms with Gasteiger partial charge < -0.3 is 18.5 Å². The lowest BCUT2D eigenvalue weighted by Crippen LogP contribution is -2.10. The predicted molar refractivity (Wildman–Crippen MR) is 132 cm³/mol. The largest absolute Gasteiger partial charge is 0.425 e. The van der Waals surface area contributed by atoms with Crippen molar-refractivity contribution in [3.63, 3.8) is 0 Å². The van der Waals surface area contributed by atoms with Crippen molar-refractivity contribution in [2.45, 2.75) is 82.4 Å². The molecule has 0 bridgehead atoms. The van der Waals surface area contributed by atoms with Crippen molar-refractivity contribution in [2.24, 2.45) is 0 Å². The molecule has 0 aromatic heterocycles. The Labute approximate surface area is 209 Å². The fourth-order valence-electron chi connectivity index (χ4n) is 2.84. The first-order valence-electron chi connectivity index (χ1n) is 10.1. The summed E-state index contributed by atoms with van der Waals surface area (Å²) in [6, 6.07) is 6.73. The number of hydrogen-bond donors (Lipinski definition) is 6. The number of aryl methyl sites for hydroxylation is 1. The first kappa shape index (κ1) is 40.9. The summed E-state index contributed by atoms with van der Waals surface area (Å²) in [4.78, 5) is 0.0610. The highest BCUT2D eigenvalue weighted by atomic mass is 32.3. The molecule has 212 valence electrons. The molecule has 14 nitrogen and oxygen atoms in total. The molecule has 12 N–H and O–H groups in total. The van der Waals surface area contributed by atoms with Crippen LogP contribution in [0.2, 0.25) is 0 Å². The minimum Gasteiger partial charge on any atom is -0.344 e. The lowest BCUT2D eigenvalue weighted by Gasteiger charge is -2.07. The van der Waals surface area contributed by atoms with Crippen molar-refractivity contribution in [1.82, 2.24) is 18.5 Å². The Hall–Kier alpha value is -1.25. The summed E-state index contributed by atoms with van der Waals surface area (Å²) in [5.74, 6) is 0. The third-order valence-corrected chi connectivity index (χ3v) is 5.77. The van der Waals surface area contributed by atoms with Crippen molar-refractivity contribution >= 4 is 30.9 Å². The van der Waals surface area contributed by atoms with E-state index in [2.05, 4.69) is 15.6 Å². The molecule has 35 heavy (non-hydrogen) atoms. The van der Waals surface area contributed by atoms with Crippen molar-refractivity contribution < 1.29 is 47.6 Å². The van der Waals surface area contributed by atoms with Gasteiger partial charge in [0, 0.05) is 0 Å². The number of hydrogen-bond acceptors (Lipinski definition) is 11. The molecule has 0 aliphatic heterocycles. The van der Waals surface area contributed by atoms with E-state index in [9.17, 15) is 29.8 Å². The van der Waals surface area contributed by atoms with Crippen LogP contribution in [0.3, 0.4) is 0 Å². The number of benzene rings is 1. The van der Waals surface area contributed by atoms with Crippen LogP contribution in [0.25, 0.3) is 0 Å². The molecular formula is C18H41N3O11S3. The van der Waals surface area contributed by atoms with Gasteiger partial charge in [-0.1, -0.05) is 91.6 Å². The van der Waals surface area contributed by atoms with Crippen LogP contribution in [0, 0.1) is 0 Å². The maximum absolute atomic E-state index is 11.3. The van der Waals surface area contributed by atoms with Crippen LogP contribution in [0.1, 0.15) is 76.7 Å². The molecule has 0 heterocycles. The quantitative estimate of drug-likeness (QED) is 0.0734. The minimum absolute atomic E-state index is 0. The van der Waals surface area contributed by atoms with Crippen molar-refractivity contribution in [3.8, 4) is 0 Å². The van der Waals surface area contributed by atoms with Crippen LogP contribution in [0.5, 0.6) is 0 Å². The van der Waals surface area contributed by atoms with Crippen LogP contribution in [0.4, 0.5) is 0 Å². The number of unbranched alkanes of at least 4 members (excludes halogenated alkanes) is 9. The van der Waals surface area contributed by atoms with Crippen molar-refractivity contribution in [2.75, 3.05) is 0 Å². The van der Waals surface area contributed by atoms with Crippen LogP contribution in [0.15, 0.2) is 29.2 Å². The second-order valence-electron chi connectivity index (χ2n) is 7.01. The predicted octanol–water partition coefficient (Wildman–Crippen LogP) is 4.42. The van der Waals surface area contributed by atoms with E-state index in [1.54, 1.807) is 12.1 Å². The van der Waals surface area contributed by atoms with Gasteiger partial charge in [-0.15, -0.1) is 0 Å². The van der Waals surface area contributed by atoms with E-state index in [0.29, 0.717) is 6.42 Å².